The first-order valence-electron chi connectivity index (χ1n) is 22.9. The largest absolute Gasteiger partial charge is 0.460 e. The van der Waals surface area contributed by atoms with Crippen LogP contribution >= 0.6 is 0 Å². The van der Waals surface area contributed by atoms with Gasteiger partial charge in [-0.2, -0.15) is 0 Å². The first kappa shape index (κ1) is 50.6. The van der Waals surface area contributed by atoms with Crippen molar-refractivity contribution in [2.45, 2.75) is 174 Å². The van der Waals surface area contributed by atoms with Gasteiger partial charge in [-0.15, -0.1) is 0 Å². The topological polar surface area (TPSA) is 202 Å². The fourth-order valence-electron chi connectivity index (χ4n) is 7.81. The van der Waals surface area contributed by atoms with Crippen molar-refractivity contribution in [1.29, 1.82) is 0 Å². The van der Waals surface area contributed by atoms with E-state index in [9.17, 15) is 33.6 Å². The molecule has 0 aromatic carbocycles. The molecule has 3 heterocycles. The number of unbranched alkanes of at least 4 members (excludes halogenated alkanes) is 8. The molecule has 4 N–H and O–H groups in total. The minimum Gasteiger partial charge on any atom is -0.460 e. The smallest absolute Gasteiger partial charge is 0.328 e. The van der Waals surface area contributed by atoms with Crippen molar-refractivity contribution >= 4 is 41.4 Å². The fourth-order valence-corrected chi connectivity index (χ4v) is 7.81. The second-order valence-corrected chi connectivity index (χ2v) is 17.5. The number of carbonyl (C=O) groups is 7. The monoisotopic (exact) mass is 849 g/mol. The molecular weight excluding hydrogens is 773 g/mol. The average Bonchev–Trinajstić information content (AvgIpc) is 3.22. The summed E-state index contributed by atoms with van der Waals surface area (Å²) in [4.78, 5) is 99.7. The molecule has 0 aromatic heterocycles. The summed E-state index contributed by atoms with van der Waals surface area (Å²) in [6, 6.07) is -4.59. The van der Waals surface area contributed by atoms with Crippen molar-refractivity contribution in [2.24, 2.45) is 11.8 Å². The Morgan fingerprint density at radius 1 is 0.567 bits per heavy atom. The molecule has 0 aliphatic carbocycles. The van der Waals surface area contributed by atoms with E-state index in [-0.39, 0.29) is 68.6 Å². The van der Waals surface area contributed by atoms with Crippen molar-refractivity contribution in [3.8, 4) is 0 Å². The van der Waals surface area contributed by atoms with Crippen molar-refractivity contribution in [2.75, 3.05) is 52.6 Å². The third kappa shape index (κ3) is 19.3. The maximum Gasteiger partial charge on any atom is 0.328 e. The normalized spacial score (nSPS) is 24.1. The van der Waals surface area contributed by atoms with Crippen molar-refractivity contribution in [3.63, 3.8) is 0 Å². The van der Waals surface area contributed by atoms with Gasteiger partial charge in [-0.05, 0) is 50.4 Å². The summed E-state index contributed by atoms with van der Waals surface area (Å²) < 4.78 is 16.8. The molecule has 0 saturated carbocycles. The van der Waals surface area contributed by atoms with Crippen molar-refractivity contribution in [1.82, 2.24) is 31.1 Å². The molecule has 0 unspecified atom stereocenters. The molecule has 3 rings (SSSR count). The summed E-state index contributed by atoms with van der Waals surface area (Å²) in [6.07, 6.45) is 9.37. The lowest BCUT2D eigenvalue weighted by Crippen LogP contribution is -2.58. The number of nitrogens with zero attached hydrogens (tertiary/aromatic N) is 2. The van der Waals surface area contributed by atoms with Crippen LogP contribution in [0.3, 0.4) is 0 Å². The molecule has 3 aliphatic rings. The second kappa shape index (κ2) is 27.9. The van der Waals surface area contributed by atoms with Gasteiger partial charge in [-0.25, -0.2) is 4.79 Å². The minimum absolute atomic E-state index is 0.0301. The summed E-state index contributed by atoms with van der Waals surface area (Å²) in [7, 11) is 0. The van der Waals surface area contributed by atoms with Crippen LogP contribution in [0.4, 0.5) is 0 Å². The molecule has 3 fully saturated rings. The second-order valence-electron chi connectivity index (χ2n) is 17.5. The van der Waals surface area contributed by atoms with Gasteiger partial charge < -0.3 is 45.3 Å². The summed E-state index contributed by atoms with van der Waals surface area (Å²) in [6.45, 7) is 13.1. The highest BCUT2D eigenvalue weighted by atomic mass is 16.5. The molecule has 16 heteroatoms. The third-order valence-corrected chi connectivity index (χ3v) is 11.3. The Morgan fingerprint density at radius 2 is 0.983 bits per heavy atom. The molecule has 0 spiro atoms. The van der Waals surface area contributed by atoms with Gasteiger partial charge in [0.15, 0.2) is 0 Å². The number of esters is 1. The number of nitrogens with one attached hydrogen (secondary N) is 4. The number of ether oxygens (including phenoxy) is 3. The van der Waals surface area contributed by atoms with Crippen molar-refractivity contribution in [3.05, 3.63) is 0 Å². The lowest BCUT2D eigenvalue weighted by atomic mass is 9.99. The number of rotatable bonds is 20. The summed E-state index contributed by atoms with van der Waals surface area (Å²) in [5.74, 6) is -3.67. The molecule has 0 radical (unpaired) electrons. The van der Waals surface area contributed by atoms with Gasteiger partial charge in [0.05, 0.1) is 32.8 Å². The molecule has 16 nitrogen and oxygen atoms in total. The molecular formula is C44H76N6O10. The highest BCUT2D eigenvalue weighted by Crippen LogP contribution is 2.18. The number of morpholine rings is 2. The van der Waals surface area contributed by atoms with E-state index in [1.165, 1.54) is 25.7 Å². The third-order valence-electron chi connectivity index (χ3n) is 11.3. The van der Waals surface area contributed by atoms with E-state index in [2.05, 4.69) is 28.2 Å². The van der Waals surface area contributed by atoms with Gasteiger partial charge in [0.1, 0.15) is 30.3 Å². The van der Waals surface area contributed by atoms with E-state index in [0.29, 0.717) is 65.4 Å². The SMILES string of the molecule is CCCCCCCCCCC[C@@H]1CC(=O)N[C@@H](CCC(=O)N2CCOCC2)C(=O)N[C@@H](CC(C)C)C(=O)N[C@@H](CCC(=O)N2CCOCC2)C(=O)N[C@@H](CC(C)C)C(=O)O1. The van der Waals surface area contributed by atoms with E-state index in [4.69, 9.17) is 14.2 Å². The number of cyclic esters (lactones) is 1. The number of carbonyl (C=O) groups excluding carboxylic acids is 7. The number of hydrogen-bond acceptors (Lipinski definition) is 10. The van der Waals surface area contributed by atoms with Crippen LogP contribution in [0, 0.1) is 11.8 Å². The Kier molecular flexibility index (Phi) is 23.5. The van der Waals surface area contributed by atoms with Gasteiger partial charge in [0.2, 0.25) is 35.4 Å². The van der Waals surface area contributed by atoms with E-state index >= 15 is 0 Å². The summed E-state index contributed by atoms with van der Waals surface area (Å²) >= 11 is 0. The molecule has 0 aromatic rings. The van der Waals surface area contributed by atoms with Crippen LogP contribution in [-0.4, -0.2) is 134 Å². The van der Waals surface area contributed by atoms with Crippen molar-refractivity contribution < 1.29 is 47.8 Å². The first-order chi connectivity index (χ1) is 28.8. The highest BCUT2D eigenvalue weighted by molar-refractivity contribution is 5.96. The van der Waals surface area contributed by atoms with Gasteiger partial charge in [0, 0.05) is 39.0 Å². The highest BCUT2D eigenvalue weighted by Gasteiger charge is 2.35. The van der Waals surface area contributed by atoms with Crippen LogP contribution in [0.2, 0.25) is 0 Å². The Morgan fingerprint density at radius 3 is 1.48 bits per heavy atom. The first-order valence-corrected chi connectivity index (χ1v) is 22.9. The zero-order valence-electron chi connectivity index (χ0n) is 37.2. The Balaban J connectivity index is 1.91. The Labute approximate surface area is 358 Å². The predicted molar refractivity (Wildman–Crippen MR) is 226 cm³/mol. The molecule has 342 valence electrons. The van der Waals surface area contributed by atoms with Crippen LogP contribution in [0.1, 0.15) is 144 Å². The standard InChI is InChI=1S/C44H76N6O10/c1-6-7-8-9-10-11-12-13-14-15-33-30-38(51)45-34(16-18-39(52)49-20-24-58-25-21-49)41(54)47-36(28-31(2)3)43(56)46-35(17-19-40(53)50-22-26-59-27-23-50)42(55)48-37(29-32(4)5)44(57)60-33/h31-37H,6-30H2,1-5H3,(H,45,51)(H,46,56)(H,47,54)(H,48,55)/t33-,34+,35+,36+,37+/m1/s1. The van der Waals surface area contributed by atoms with E-state index in [1.807, 2.05) is 27.7 Å². The predicted octanol–water partition coefficient (Wildman–Crippen LogP) is 3.53. The van der Waals surface area contributed by atoms with E-state index < -0.39 is 59.9 Å². The molecule has 3 aliphatic heterocycles. The van der Waals surface area contributed by atoms with Gasteiger partial charge >= 0.3 is 5.97 Å². The van der Waals surface area contributed by atoms with Crippen LogP contribution in [0.25, 0.3) is 0 Å². The fraction of sp³-hybridized carbons (Fsp3) is 0.841. The lowest BCUT2D eigenvalue weighted by molar-refractivity contribution is -0.155. The van der Waals surface area contributed by atoms with Crippen LogP contribution in [-0.2, 0) is 47.8 Å². The molecule has 60 heavy (non-hydrogen) atoms. The van der Waals surface area contributed by atoms with E-state index in [1.54, 1.807) is 9.80 Å². The Bertz CT molecular complexity index is 1370. The van der Waals surface area contributed by atoms with Crippen LogP contribution in [0.5, 0.6) is 0 Å². The summed E-state index contributed by atoms with van der Waals surface area (Å²) in [5.41, 5.74) is 0. The lowest BCUT2D eigenvalue weighted by Gasteiger charge is -2.30. The van der Waals surface area contributed by atoms with Gasteiger partial charge in [-0.1, -0.05) is 86.0 Å². The molecule has 0 bridgehead atoms. The Hall–Kier alpha value is -3.79. The summed E-state index contributed by atoms with van der Waals surface area (Å²) in [5, 5.41) is 11.2. The molecule has 6 amide bonds. The zero-order valence-corrected chi connectivity index (χ0v) is 37.2. The zero-order chi connectivity index (χ0) is 43.9. The minimum atomic E-state index is -1.22. The van der Waals surface area contributed by atoms with E-state index in [0.717, 1.165) is 25.7 Å². The van der Waals surface area contributed by atoms with Crippen LogP contribution < -0.4 is 21.3 Å². The average molecular weight is 849 g/mol. The number of hydrogen-bond donors (Lipinski definition) is 4. The quantitative estimate of drug-likeness (QED) is 0.104. The van der Waals surface area contributed by atoms with Gasteiger partial charge in [0.25, 0.3) is 0 Å². The van der Waals surface area contributed by atoms with Gasteiger partial charge in [-0.3, -0.25) is 28.8 Å². The van der Waals surface area contributed by atoms with Crippen LogP contribution in [0.15, 0.2) is 0 Å². The molecule has 3 saturated heterocycles. The number of amides is 6. The molecule has 5 atom stereocenters. The maximum absolute atomic E-state index is 14.1. The maximum atomic E-state index is 14.1.